The summed E-state index contributed by atoms with van der Waals surface area (Å²) in [6, 6.07) is 9.71. The fourth-order valence-corrected chi connectivity index (χ4v) is 4.38. The van der Waals surface area contributed by atoms with Crippen LogP contribution in [0.2, 0.25) is 0 Å². The number of nitrogen functional groups attached to an aromatic ring is 1. The van der Waals surface area contributed by atoms with Gasteiger partial charge in [0.15, 0.2) is 22.7 Å². The van der Waals surface area contributed by atoms with Crippen LogP contribution in [-0.4, -0.2) is 71.7 Å². The number of hydrogen-bond donors (Lipinski definition) is 2. The smallest absolute Gasteiger partial charge is 0.328 e. The second-order valence-electron chi connectivity index (χ2n) is 8.40. The zero-order chi connectivity index (χ0) is 26.3. The number of carboxylic acids is 1. The van der Waals surface area contributed by atoms with Crippen molar-refractivity contribution in [2.75, 3.05) is 44.5 Å². The third-order valence-electron chi connectivity index (χ3n) is 6.27. The van der Waals surface area contributed by atoms with Gasteiger partial charge < -0.3 is 34.5 Å². The summed E-state index contributed by atoms with van der Waals surface area (Å²) in [6.45, 7) is 0.155. The summed E-state index contributed by atoms with van der Waals surface area (Å²) < 4.78 is 16.3. The van der Waals surface area contributed by atoms with Crippen molar-refractivity contribution in [2.45, 2.75) is 6.04 Å². The minimum Gasteiger partial charge on any atom is -0.493 e. The minimum absolute atomic E-state index is 0.0274. The second-order valence-corrected chi connectivity index (χ2v) is 8.40. The van der Waals surface area contributed by atoms with E-state index in [1.54, 1.807) is 41.3 Å². The Bertz CT molecular complexity index is 1600. The number of para-hydroxylation sites is 1. The molecule has 12 nitrogen and oxygen atoms in total. The summed E-state index contributed by atoms with van der Waals surface area (Å²) in [6.07, 6.45) is 0. The number of nitrogens with zero attached hydrogens (tertiary/aromatic N) is 4. The summed E-state index contributed by atoms with van der Waals surface area (Å²) in [5.74, 6) is -0.814. The molecule has 1 amide bonds. The Labute approximate surface area is 209 Å². The van der Waals surface area contributed by atoms with Gasteiger partial charge in [0.25, 0.3) is 5.91 Å². The Balaban J connectivity index is 1.46. The molecule has 1 aliphatic rings. The van der Waals surface area contributed by atoms with Gasteiger partial charge in [0, 0.05) is 30.6 Å². The van der Waals surface area contributed by atoms with Crippen LogP contribution < -0.4 is 25.5 Å². The predicted octanol–water partition coefficient (Wildman–Crippen LogP) is 1.75. The molecule has 4 aromatic rings. The monoisotopic (exact) mass is 505 g/mol. The molecule has 2 aromatic heterocycles. The van der Waals surface area contributed by atoms with Crippen LogP contribution >= 0.6 is 0 Å². The molecule has 0 bridgehead atoms. The standard InChI is InChI=1S/C25H23N5O7/c1-35-19-9-14-15(10-20(19)36-2)27-25(28-22(14)26)29-7-8-30(16(12-29)24(33)34)23(32)21-11-17(31)13-5-3-4-6-18(13)37-21/h3-6,9-11,16H,7-8,12H2,1-2H3,(H,33,34)(H2,26,27,28). The number of piperazine rings is 1. The lowest BCUT2D eigenvalue weighted by Gasteiger charge is -2.39. The highest BCUT2D eigenvalue weighted by molar-refractivity contribution is 5.96. The summed E-state index contributed by atoms with van der Waals surface area (Å²) in [4.78, 5) is 49.6. The molecule has 190 valence electrons. The number of methoxy groups -OCH3 is 2. The Morgan fingerprint density at radius 2 is 1.78 bits per heavy atom. The number of fused-ring (bicyclic) bond motifs is 2. The van der Waals surface area contributed by atoms with Crippen LogP contribution in [0.3, 0.4) is 0 Å². The lowest BCUT2D eigenvalue weighted by Crippen LogP contribution is -2.58. The van der Waals surface area contributed by atoms with Gasteiger partial charge >= 0.3 is 5.97 Å². The van der Waals surface area contributed by atoms with Crippen molar-refractivity contribution in [1.29, 1.82) is 0 Å². The first kappa shape index (κ1) is 23.9. The molecule has 37 heavy (non-hydrogen) atoms. The molecule has 0 saturated carbocycles. The van der Waals surface area contributed by atoms with Gasteiger partial charge in [0.05, 0.1) is 31.7 Å². The number of amides is 1. The summed E-state index contributed by atoms with van der Waals surface area (Å²) in [5, 5.41) is 10.8. The second kappa shape index (κ2) is 9.30. The quantitative estimate of drug-likeness (QED) is 0.406. The number of carbonyl (C=O) groups is 2. The molecular weight excluding hydrogens is 482 g/mol. The highest BCUT2D eigenvalue weighted by Crippen LogP contribution is 2.34. The number of benzene rings is 2. The van der Waals surface area contributed by atoms with E-state index in [2.05, 4.69) is 9.97 Å². The topological polar surface area (TPSA) is 161 Å². The summed E-state index contributed by atoms with van der Waals surface area (Å²) in [5.41, 5.74) is 6.54. The molecular formula is C25H23N5O7. The van der Waals surface area contributed by atoms with Gasteiger partial charge in [-0.15, -0.1) is 0 Å². The van der Waals surface area contributed by atoms with E-state index in [0.29, 0.717) is 27.8 Å². The van der Waals surface area contributed by atoms with E-state index in [4.69, 9.17) is 19.6 Å². The van der Waals surface area contributed by atoms with Gasteiger partial charge in [0.1, 0.15) is 17.4 Å². The number of carboxylic acid groups (broad SMARTS) is 1. The lowest BCUT2D eigenvalue weighted by atomic mass is 10.1. The summed E-state index contributed by atoms with van der Waals surface area (Å²) >= 11 is 0. The van der Waals surface area contributed by atoms with Crippen molar-refractivity contribution < 1.29 is 28.6 Å². The number of rotatable bonds is 5. The van der Waals surface area contributed by atoms with Gasteiger partial charge in [-0.05, 0) is 18.2 Å². The Hall–Kier alpha value is -4.87. The number of ether oxygens (including phenoxy) is 2. The van der Waals surface area contributed by atoms with Crippen LogP contribution in [0, 0.1) is 0 Å². The molecule has 0 spiro atoms. The largest absolute Gasteiger partial charge is 0.493 e. The molecule has 1 fully saturated rings. The van der Waals surface area contributed by atoms with E-state index in [0.717, 1.165) is 6.07 Å². The maximum Gasteiger partial charge on any atom is 0.328 e. The van der Waals surface area contributed by atoms with Gasteiger partial charge in [-0.25, -0.2) is 9.78 Å². The Morgan fingerprint density at radius 3 is 2.51 bits per heavy atom. The van der Waals surface area contributed by atoms with Crippen molar-refractivity contribution >= 4 is 45.5 Å². The van der Waals surface area contributed by atoms with Crippen molar-refractivity contribution in [2.24, 2.45) is 0 Å². The number of anilines is 2. The molecule has 3 N–H and O–H groups in total. The maximum absolute atomic E-state index is 13.2. The molecule has 3 heterocycles. The van der Waals surface area contributed by atoms with Crippen molar-refractivity contribution in [3.05, 3.63) is 58.4 Å². The zero-order valence-electron chi connectivity index (χ0n) is 20.0. The van der Waals surface area contributed by atoms with Crippen molar-refractivity contribution in [3.63, 3.8) is 0 Å². The van der Waals surface area contributed by atoms with E-state index >= 15 is 0 Å². The van der Waals surface area contributed by atoms with Crippen LogP contribution in [0.5, 0.6) is 11.5 Å². The third-order valence-corrected chi connectivity index (χ3v) is 6.27. The Kier molecular flexibility index (Phi) is 5.99. The first-order chi connectivity index (χ1) is 17.8. The average Bonchev–Trinajstić information content (AvgIpc) is 2.91. The number of aromatic nitrogens is 2. The molecule has 1 atom stereocenters. The first-order valence-corrected chi connectivity index (χ1v) is 11.3. The van der Waals surface area contributed by atoms with E-state index in [1.165, 1.54) is 19.1 Å². The molecule has 5 rings (SSSR count). The van der Waals surface area contributed by atoms with Crippen molar-refractivity contribution in [1.82, 2.24) is 14.9 Å². The SMILES string of the molecule is COc1cc2nc(N3CCN(C(=O)c4cc(=O)c5ccccc5o4)C(C(=O)O)C3)nc(N)c2cc1OC. The van der Waals surface area contributed by atoms with Gasteiger partial charge in [0.2, 0.25) is 5.95 Å². The van der Waals surface area contributed by atoms with Crippen LogP contribution in [0.4, 0.5) is 11.8 Å². The highest BCUT2D eigenvalue weighted by atomic mass is 16.5. The molecule has 0 aliphatic carbocycles. The summed E-state index contributed by atoms with van der Waals surface area (Å²) in [7, 11) is 3.01. The normalized spacial score (nSPS) is 15.7. The fourth-order valence-electron chi connectivity index (χ4n) is 4.38. The third kappa shape index (κ3) is 4.22. The van der Waals surface area contributed by atoms with Gasteiger partial charge in [-0.1, -0.05) is 12.1 Å². The Morgan fingerprint density at radius 1 is 1.05 bits per heavy atom. The van der Waals surface area contributed by atoms with Crippen LogP contribution in [-0.2, 0) is 4.79 Å². The van der Waals surface area contributed by atoms with Gasteiger partial charge in [-0.3, -0.25) is 9.59 Å². The predicted molar refractivity (Wildman–Crippen MR) is 134 cm³/mol. The minimum atomic E-state index is -1.25. The van der Waals surface area contributed by atoms with E-state index in [1.807, 2.05) is 0 Å². The fraction of sp³-hybridized carbons (Fsp3) is 0.240. The average molecular weight is 505 g/mol. The number of hydrogen-bond acceptors (Lipinski definition) is 10. The maximum atomic E-state index is 13.2. The highest BCUT2D eigenvalue weighted by Gasteiger charge is 2.38. The molecule has 12 heteroatoms. The van der Waals surface area contributed by atoms with Crippen molar-refractivity contribution in [3.8, 4) is 11.5 Å². The number of aliphatic carboxylic acids is 1. The van der Waals surface area contributed by atoms with E-state index < -0.39 is 17.9 Å². The van der Waals surface area contributed by atoms with Gasteiger partial charge in [-0.2, -0.15) is 4.98 Å². The van der Waals surface area contributed by atoms with Crippen LogP contribution in [0.25, 0.3) is 21.9 Å². The van der Waals surface area contributed by atoms with E-state index in [9.17, 15) is 19.5 Å². The molecule has 2 aromatic carbocycles. The van der Waals surface area contributed by atoms with Crippen LogP contribution in [0.1, 0.15) is 10.6 Å². The molecule has 1 aliphatic heterocycles. The zero-order valence-corrected chi connectivity index (χ0v) is 20.0. The lowest BCUT2D eigenvalue weighted by molar-refractivity contribution is -0.142. The number of nitrogens with two attached hydrogens (primary N) is 1. The van der Waals surface area contributed by atoms with Crippen LogP contribution in [0.15, 0.2) is 51.7 Å². The molecule has 1 saturated heterocycles. The number of carbonyl (C=O) groups excluding carboxylic acids is 1. The first-order valence-electron chi connectivity index (χ1n) is 11.3. The molecule has 0 radical (unpaired) electrons. The molecule has 1 unspecified atom stereocenters. The van der Waals surface area contributed by atoms with E-state index in [-0.39, 0.29) is 48.2 Å².